The third-order valence-corrected chi connectivity index (χ3v) is 14.3. The van der Waals surface area contributed by atoms with E-state index in [2.05, 4.69) is 35.4 Å². The largest absolute Gasteiger partial charge is 0.478 e. The summed E-state index contributed by atoms with van der Waals surface area (Å²) in [6, 6.07) is 15.7. The lowest BCUT2D eigenvalue weighted by atomic mass is 10.1. The predicted molar refractivity (Wildman–Crippen MR) is 254 cm³/mol. The summed E-state index contributed by atoms with van der Waals surface area (Å²) in [5, 5.41) is 20.6. The van der Waals surface area contributed by atoms with Crippen molar-refractivity contribution in [3.8, 4) is 0 Å². The van der Waals surface area contributed by atoms with Gasteiger partial charge in [-0.1, -0.05) is 35.3 Å². The number of pyridine rings is 2. The van der Waals surface area contributed by atoms with Crippen molar-refractivity contribution in [2.75, 3.05) is 50.9 Å². The molecule has 68 heavy (non-hydrogen) atoms. The minimum Gasteiger partial charge on any atom is -0.478 e. The average molecular weight is 1000 g/mol. The monoisotopic (exact) mass is 1000 g/mol. The van der Waals surface area contributed by atoms with E-state index in [1.165, 1.54) is 57.9 Å². The van der Waals surface area contributed by atoms with E-state index < -0.39 is 17.6 Å². The van der Waals surface area contributed by atoms with E-state index >= 15 is 0 Å². The molecule has 4 fully saturated rings. The second-order valence-electron chi connectivity index (χ2n) is 17.0. The molecule has 22 heteroatoms. The Kier molecular flexibility index (Phi) is 13.7. The van der Waals surface area contributed by atoms with Gasteiger partial charge in [0.15, 0.2) is 21.9 Å². The number of nitrogens with zero attached hydrogens (tertiary/aromatic N) is 9. The summed E-state index contributed by atoms with van der Waals surface area (Å²) in [6.45, 7) is 3.22. The molecule has 3 amide bonds. The van der Waals surface area contributed by atoms with Crippen molar-refractivity contribution in [2.45, 2.75) is 50.1 Å². The topological polar surface area (TPSA) is 180 Å². The number of hydrogen-bond donors (Lipinski definition) is 3. The number of aromatic carboxylic acids is 1. The standard InChI is InChI=1S/C24H24ClFN6O2S.C22H19ClFN5O3S/c1-30(2)22(33)14-8-15(28-20(9-14)29-24-27-6-7-35-24)11-31-12-17-10-16(31)13-32(17)23(34)18-4-3-5-19(25)21(18)26;23-17-3-1-2-16(19(17)24)20(30)29-11-14-8-15(29)10-28(14)9-13-6-12(21(31)32)7-18(26-13)27-22-25-4-5-33-22/h3-9,16-17H,10-13H2,1-2H3,(H,27,28,29);1-7,14-15H,8-11H2,(H,31,32)(H,25,26,27)/t16-,17-;14-,15-/m11/s1. The number of fused-ring (bicyclic) bond motifs is 4. The summed E-state index contributed by atoms with van der Waals surface area (Å²) in [7, 11) is 3.42. The van der Waals surface area contributed by atoms with E-state index in [1.54, 1.807) is 60.6 Å². The van der Waals surface area contributed by atoms with E-state index in [-0.39, 0.29) is 68.6 Å². The lowest BCUT2D eigenvalue weighted by Gasteiger charge is -2.34. The van der Waals surface area contributed by atoms with Gasteiger partial charge in [0.2, 0.25) is 0 Å². The fourth-order valence-corrected chi connectivity index (χ4v) is 10.6. The minimum absolute atomic E-state index is 0.00562. The summed E-state index contributed by atoms with van der Waals surface area (Å²) >= 11 is 14.6. The van der Waals surface area contributed by atoms with E-state index in [0.29, 0.717) is 72.4 Å². The number of carboxylic acids is 1. The molecule has 6 aromatic rings. The van der Waals surface area contributed by atoms with Crippen LogP contribution in [-0.2, 0) is 13.1 Å². The molecule has 3 N–H and O–H groups in total. The molecule has 4 atom stereocenters. The molecule has 4 aliphatic rings. The fraction of sp³-hybridized carbons (Fsp3) is 0.304. The molecule has 2 aromatic carbocycles. The number of rotatable bonds is 12. The predicted octanol–water partition coefficient (Wildman–Crippen LogP) is 7.75. The van der Waals surface area contributed by atoms with Crippen molar-refractivity contribution >= 4 is 91.5 Å². The molecular weight excluding hydrogens is 960 g/mol. The Hall–Kier alpha value is -6.16. The highest BCUT2D eigenvalue weighted by molar-refractivity contribution is 7.14. The zero-order chi connectivity index (χ0) is 47.8. The van der Waals surface area contributed by atoms with E-state index in [0.717, 1.165) is 18.5 Å². The number of anilines is 4. The van der Waals surface area contributed by atoms with E-state index in [4.69, 9.17) is 28.2 Å². The molecule has 0 unspecified atom stereocenters. The molecule has 10 rings (SSSR count). The van der Waals surface area contributed by atoms with Crippen molar-refractivity contribution in [2.24, 2.45) is 0 Å². The summed E-state index contributed by atoms with van der Waals surface area (Å²) in [5.74, 6) is -2.24. The van der Waals surface area contributed by atoms with Crippen LogP contribution in [0, 0.1) is 11.6 Å². The third-order valence-electron chi connectivity index (χ3n) is 12.3. The fourth-order valence-electron chi connectivity index (χ4n) is 9.21. The van der Waals surface area contributed by atoms with Crippen molar-refractivity contribution in [1.29, 1.82) is 0 Å². The van der Waals surface area contributed by atoms with Gasteiger partial charge in [-0.2, -0.15) is 0 Å². The van der Waals surface area contributed by atoms with Gasteiger partial charge in [0.1, 0.15) is 11.6 Å². The first kappa shape index (κ1) is 46.9. The summed E-state index contributed by atoms with van der Waals surface area (Å²) < 4.78 is 28.7. The first-order valence-corrected chi connectivity index (χ1v) is 24.0. The highest BCUT2D eigenvalue weighted by Gasteiger charge is 2.47. The Balaban J connectivity index is 0.000000170. The van der Waals surface area contributed by atoms with Crippen LogP contribution < -0.4 is 10.6 Å². The number of halogens is 4. The zero-order valence-electron chi connectivity index (χ0n) is 36.5. The Morgan fingerprint density at radius 2 is 1.15 bits per heavy atom. The lowest BCUT2D eigenvalue weighted by Crippen LogP contribution is -2.48. The van der Waals surface area contributed by atoms with Gasteiger partial charge in [0.25, 0.3) is 17.7 Å². The molecule has 4 aliphatic heterocycles. The number of benzene rings is 2. The van der Waals surface area contributed by atoms with Gasteiger partial charge >= 0.3 is 5.97 Å². The number of carbonyl (C=O) groups excluding carboxylic acids is 3. The Bertz CT molecular complexity index is 2880. The molecule has 0 aliphatic carbocycles. The van der Waals surface area contributed by atoms with Crippen LogP contribution in [0.2, 0.25) is 10.0 Å². The van der Waals surface area contributed by atoms with E-state index in [9.17, 15) is 33.1 Å². The van der Waals surface area contributed by atoms with Crippen molar-refractivity contribution < 1.29 is 33.1 Å². The molecule has 4 bridgehead atoms. The molecule has 4 aromatic heterocycles. The van der Waals surface area contributed by atoms with Crippen LogP contribution in [-0.4, -0.2) is 138 Å². The van der Waals surface area contributed by atoms with Gasteiger partial charge in [-0.15, -0.1) is 22.7 Å². The van der Waals surface area contributed by atoms with E-state index in [1.807, 2.05) is 16.8 Å². The number of carboxylic acid groups (broad SMARTS) is 1. The second-order valence-corrected chi connectivity index (χ2v) is 19.6. The van der Waals surface area contributed by atoms with Crippen LogP contribution in [0.15, 0.2) is 83.8 Å². The van der Waals surface area contributed by atoms with Gasteiger partial charge < -0.3 is 30.4 Å². The Labute approximate surface area is 407 Å². The first-order valence-electron chi connectivity index (χ1n) is 21.5. The van der Waals surface area contributed by atoms with Gasteiger partial charge in [0.05, 0.1) is 38.1 Å². The van der Waals surface area contributed by atoms with Crippen LogP contribution in [0.1, 0.15) is 65.7 Å². The highest BCUT2D eigenvalue weighted by atomic mass is 35.5. The SMILES string of the molecule is CN(C)C(=O)c1cc(CN2C[C@H]3C[C@@H]2CN3C(=O)c2cccc(Cl)c2F)nc(Nc2nccs2)c1.O=C(O)c1cc(CN2C[C@H]3C[C@@H]2CN3C(=O)c2cccc(Cl)c2F)nc(Nc2nccs2)c1. The number of hydrogen-bond acceptors (Lipinski definition) is 14. The lowest BCUT2D eigenvalue weighted by molar-refractivity contribution is 0.0603. The highest BCUT2D eigenvalue weighted by Crippen LogP contribution is 2.36. The maximum atomic E-state index is 14.4. The number of nitrogens with one attached hydrogen (secondary N) is 2. The van der Waals surface area contributed by atoms with Crippen molar-refractivity contribution in [1.82, 2.24) is 44.4 Å². The van der Waals surface area contributed by atoms with Gasteiger partial charge in [-0.3, -0.25) is 24.2 Å². The molecule has 0 saturated carbocycles. The van der Waals surface area contributed by atoms with Crippen molar-refractivity contribution in [3.63, 3.8) is 0 Å². The normalized spacial score (nSPS) is 19.5. The number of carbonyl (C=O) groups is 4. The molecule has 0 radical (unpaired) electrons. The number of likely N-dealkylation sites (tertiary alicyclic amines) is 4. The maximum Gasteiger partial charge on any atom is 0.335 e. The number of aromatic nitrogens is 4. The Morgan fingerprint density at radius 1 is 0.691 bits per heavy atom. The van der Waals surface area contributed by atoms with Crippen LogP contribution in [0.25, 0.3) is 0 Å². The Morgan fingerprint density at radius 3 is 1.54 bits per heavy atom. The van der Waals surface area contributed by atoms with Crippen LogP contribution in [0.3, 0.4) is 0 Å². The van der Waals surface area contributed by atoms with Crippen LogP contribution >= 0.6 is 45.9 Å². The van der Waals surface area contributed by atoms with Gasteiger partial charge in [0, 0.05) is 106 Å². The first-order chi connectivity index (χ1) is 32.7. The third kappa shape index (κ3) is 10.0. The molecule has 16 nitrogen and oxygen atoms in total. The molecule has 352 valence electrons. The van der Waals surface area contributed by atoms with Gasteiger partial charge in [-0.05, 0) is 61.4 Å². The van der Waals surface area contributed by atoms with Crippen LogP contribution in [0.5, 0.6) is 0 Å². The minimum atomic E-state index is -1.04. The number of piperazine rings is 2. The smallest absolute Gasteiger partial charge is 0.335 e. The molecule has 4 saturated heterocycles. The summed E-state index contributed by atoms with van der Waals surface area (Å²) in [4.78, 5) is 77.3. The van der Waals surface area contributed by atoms with Crippen LogP contribution in [0.4, 0.5) is 30.7 Å². The van der Waals surface area contributed by atoms with Gasteiger partial charge in [-0.25, -0.2) is 33.5 Å². The quantitative estimate of drug-likeness (QED) is 0.108. The summed E-state index contributed by atoms with van der Waals surface area (Å²) in [5.41, 5.74) is 2.03. The average Bonchev–Trinajstić information content (AvgIpc) is 4.20. The van der Waals surface area contributed by atoms with Crippen molar-refractivity contribution in [3.05, 3.63) is 139 Å². The second kappa shape index (κ2) is 19.8. The summed E-state index contributed by atoms with van der Waals surface area (Å²) in [6.07, 6.45) is 4.94. The molecular formula is C46H43Cl2F2N11O5S2. The number of thiazole rings is 2. The molecule has 0 spiro atoms. The maximum absolute atomic E-state index is 14.4. The zero-order valence-corrected chi connectivity index (χ0v) is 39.6. The molecule has 8 heterocycles. The number of amides is 3.